The molecule has 0 atom stereocenters. The Labute approximate surface area is 154 Å². The van der Waals surface area contributed by atoms with Crippen molar-refractivity contribution in [1.29, 1.82) is 0 Å². The second-order valence-corrected chi connectivity index (χ2v) is 8.46. The summed E-state index contributed by atoms with van der Waals surface area (Å²) < 4.78 is 5.00. The number of carbonyl (C=O) groups is 2. The predicted molar refractivity (Wildman–Crippen MR) is 101 cm³/mol. The molecule has 1 heterocycles. The lowest BCUT2D eigenvalue weighted by atomic mass is 9.86. The number of nitrogens with one attached hydrogen (secondary N) is 1. The third-order valence-electron chi connectivity index (χ3n) is 5.57. The number of anilines is 1. The molecule has 4 nitrogen and oxygen atoms in total. The molecule has 1 aromatic heterocycles. The van der Waals surface area contributed by atoms with E-state index >= 15 is 0 Å². The van der Waals surface area contributed by atoms with E-state index in [0.29, 0.717) is 22.9 Å². The lowest BCUT2D eigenvalue weighted by molar-refractivity contribution is -0.116. The van der Waals surface area contributed by atoms with Crippen LogP contribution in [0.25, 0.3) is 0 Å². The Morgan fingerprint density at radius 1 is 1.08 bits per heavy atom. The number of thiophene rings is 1. The van der Waals surface area contributed by atoms with Crippen LogP contribution in [0, 0.1) is 5.92 Å². The molecule has 0 unspecified atom stereocenters. The number of carbonyl (C=O) groups excluding carboxylic acids is 2. The van der Waals surface area contributed by atoms with Crippen molar-refractivity contribution in [3.8, 4) is 0 Å². The number of fused-ring (bicyclic) bond motifs is 1. The minimum absolute atomic E-state index is 0.0344. The van der Waals surface area contributed by atoms with Crippen LogP contribution in [-0.4, -0.2) is 19.0 Å². The van der Waals surface area contributed by atoms with Crippen molar-refractivity contribution in [1.82, 2.24) is 0 Å². The van der Waals surface area contributed by atoms with E-state index in [1.54, 1.807) is 11.3 Å². The highest BCUT2D eigenvalue weighted by Crippen LogP contribution is 2.38. The first-order valence-electron chi connectivity index (χ1n) is 9.71. The first kappa shape index (κ1) is 18.4. The summed E-state index contributed by atoms with van der Waals surface area (Å²) in [5.41, 5.74) is 1.72. The molecule has 0 spiro atoms. The third kappa shape index (κ3) is 4.63. The summed E-state index contributed by atoms with van der Waals surface area (Å²) in [4.78, 5) is 26.0. The van der Waals surface area contributed by atoms with E-state index in [2.05, 4.69) is 5.32 Å². The maximum atomic E-state index is 12.4. The zero-order chi connectivity index (χ0) is 17.6. The van der Waals surface area contributed by atoms with Crippen LogP contribution < -0.4 is 5.32 Å². The maximum Gasteiger partial charge on any atom is 0.341 e. The fourth-order valence-electron chi connectivity index (χ4n) is 4.15. The summed E-state index contributed by atoms with van der Waals surface area (Å²) in [7, 11) is 1.41. The molecule has 1 N–H and O–H groups in total. The average molecular weight is 364 g/mol. The Morgan fingerprint density at radius 3 is 2.56 bits per heavy atom. The van der Waals surface area contributed by atoms with Gasteiger partial charge in [-0.2, -0.15) is 0 Å². The van der Waals surface area contributed by atoms with Gasteiger partial charge in [0, 0.05) is 11.3 Å². The Balaban J connectivity index is 1.68. The van der Waals surface area contributed by atoms with Gasteiger partial charge in [-0.15, -0.1) is 11.3 Å². The molecular weight excluding hydrogens is 334 g/mol. The first-order chi connectivity index (χ1) is 12.2. The molecule has 0 aromatic carbocycles. The summed E-state index contributed by atoms with van der Waals surface area (Å²) in [5.74, 6) is 0.411. The fourth-order valence-corrected chi connectivity index (χ4v) is 5.44. The molecule has 3 rings (SSSR count). The Hall–Kier alpha value is -1.36. The van der Waals surface area contributed by atoms with Gasteiger partial charge in [-0.25, -0.2) is 4.79 Å². The Bertz CT molecular complexity index is 617. The van der Waals surface area contributed by atoms with Gasteiger partial charge in [0.05, 0.1) is 12.7 Å². The van der Waals surface area contributed by atoms with Crippen LogP contribution >= 0.6 is 11.3 Å². The maximum absolute atomic E-state index is 12.4. The van der Waals surface area contributed by atoms with Crippen molar-refractivity contribution in [2.45, 2.75) is 77.0 Å². The van der Waals surface area contributed by atoms with Crippen LogP contribution in [0.1, 0.15) is 85.0 Å². The minimum Gasteiger partial charge on any atom is -0.465 e. The zero-order valence-corrected chi connectivity index (χ0v) is 16.0. The van der Waals surface area contributed by atoms with Gasteiger partial charge in [-0.1, -0.05) is 38.5 Å². The monoisotopic (exact) mass is 363 g/mol. The Kier molecular flexibility index (Phi) is 6.51. The molecule has 0 saturated heterocycles. The molecule has 2 aliphatic carbocycles. The molecule has 2 aliphatic rings. The van der Waals surface area contributed by atoms with Crippen LogP contribution in [0.15, 0.2) is 0 Å². The molecule has 1 aromatic rings. The lowest BCUT2D eigenvalue weighted by Crippen LogP contribution is -2.16. The molecule has 0 aliphatic heterocycles. The molecule has 1 saturated carbocycles. The third-order valence-corrected chi connectivity index (χ3v) is 6.78. The molecule has 0 radical (unpaired) electrons. The van der Waals surface area contributed by atoms with Gasteiger partial charge >= 0.3 is 5.97 Å². The van der Waals surface area contributed by atoms with Crippen molar-refractivity contribution in [2.24, 2.45) is 5.92 Å². The summed E-state index contributed by atoms with van der Waals surface area (Å²) >= 11 is 1.58. The van der Waals surface area contributed by atoms with E-state index in [4.69, 9.17) is 4.74 Å². The second kappa shape index (κ2) is 8.84. The summed E-state index contributed by atoms with van der Waals surface area (Å²) in [6.45, 7) is 0. The standard InChI is InChI=1S/C20H29NO3S/c1-24-20(23)18-15-10-6-3-7-11-16(15)25-19(18)21-17(22)13-12-14-8-4-2-5-9-14/h14H,2-13H2,1H3,(H,21,22). The van der Waals surface area contributed by atoms with E-state index in [1.807, 2.05) is 0 Å². The predicted octanol–water partition coefficient (Wildman–Crippen LogP) is 5.10. The second-order valence-electron chi connectivity index (χ2n) is 7.35. The molecule has 1 fully saturated rings. The van der Waals surface area contributed by atoms with Crippen molar-refractivity contribution in [2.75, 3.05) is 12.4 Å². The van der Waals surface area contributed by atoms with Crippen LogP contribution in [0.4, 0.5) is 5.00 Å². The summed E-state index contributed by atoms with van der Waals surface area (Å²) in [5, 5.41) is 3.72. The van der Waals surface area contributed by atoms with Gasteiger partial charge in [0.15, 0.2) is 0 Å². The number of aryl methyl sites for hydroxylation is 1. The quantitative estimate of drug-likeness (QED) is 0.585. The van der Waals surface area contributed by atoms with E-state index in [-0.39, 0.29) is 11.9 Å². The number of hydrogen-bond acceptors (Lipinski definition) is 4. The SMILES string of the molecule is COC(=O)c1c(NC(=O)CCC2CCCCC2)sc2c1CCCCC2. The van der Waals surface area contributed by atoms with Gasteiger partial charge in [0.25, 0.3) is 0 Å². The zero-order valence-electron chi connectivity index (χ0n) is 15.2. The van der Waals surface area contributed by atoms with Crippen LogP contribution in [0.5, 0.6) is 0 Å². The van der Waals surface area contributed by atoms with Gasteiger partial charge in [0.1, 0.15) is 5.00 Å². The van der Waals surface area contributed by atoms with Gasteiger partial charge in [-0.05, 0) is 43.6 Å². The van der Waals surface area contributed by atoms with E-state index in [0.717, 1.165) is 37.7 Å². The van der Waals surface area contributed by atoms with Crippen molar-refractivity contribution < 1.29 is 14.3 Å². The molecule has 138 valence electrons. The molecule has 25 heavy (non-hydrogen) atoms. The highest BCUT2D eigenvalue weighted by Gasteiger charge is 2.26. The molecule has 5 heteroatoms. The van der Waals surface area contributed by atoms with Gasteiger partial charge < -0.3 is 10.1 Å². The van der Waals surface area contributed by atoms with E-state index in [1.165, 1.54) is 50.5 Å². The number of methoxy groups -OCH3 is 1. The lowest BCUT2D eigenvalue weighted by Gasteiger charge is -2.20. The van der Waals surface area contributed by atoms with Gasteiger partial charge in [-0.3, -0.25) is 4.79 Å². The van der Waals surface area contributed by atoms with Crippen molar-refractivity contribution in [3.05, 3.63) is 16.0 Å². The minimum atomic E-state index is -0.318. The first-order valence-corrected chi connectivity index (χ1v) is 10.5. The number of esters is 1. The highest BCUT2D eigenvalue weighted by molar-refractivity contribution is 7.17. The number of hydrogen-bond donors (Lipinski definition) is 1. The number of ether oxygens (including phenoxy) is 1. The van der Waals surface area contributed by atoms with Crippen LogP contribution in [0.2, 0.25) is 0 Å². The Morgan fingerprint density at radius 2 is 1.80 bits per heavy atom. The summed E-state index contributed by atoms with van der Waals surface area (Å²) in [6, 6.07) is 0. The smallest absolute Gasteiger partial charge is 0.341 e. The van der Waals surface area contributed by atoms with Gasteiger partial charge in [0.2, 0.25) is 5.91 Å². The summed E-state index contributed by atoms with van der Waals surface area (Å²) in [6.07, 6.45) is 13.3. The largest absolute Gasteiger partial charge is 0.465 e. The van der Waals surface area contributed by atoms with Crippen LogP contribution in [0.3, 0.4) is 0 Å². The highest BCUT2D eigenvalue weighted by atomic mass is 32.1. The van der Waals surface area contributed by atoms with E-state index < -0.39 is 0 Å². The van der Waals surface area contributed by atoms with E-state index in [9.17, 15) is 9.59 Å². The number of rotatable bonds is 5. The average Bonchev–Trinajstić information content (AvgIpc) is 2.81. The van der Waals surface area contributed by atoms with Crippen molar-refractivity contribution >= 4 is 28.2 Å². The van der Waals surface area contributed by atoms with Crippen molar-refractivity contribution in [3.63, 3.8) is 0 Å². The molecular formula is C20H29NO3S. The normalized spacial score (nSPS) is 18.3. The number of amides is 1. The fraction of sp³-hybridized carbons (Fsp3) is 0.700. The topological polar surface area (TPSA) is 55.4 Å². The van der Waals surface area contributed by atoms with Crippen LogP contribution in [-0.2, 0) is 22.4 Å². The molecule has 1 amide bonds. The molecule has 0 bridgehead atoms.